The second-order valence-electron chi connectivity index (χ2n) is 7.03. The van der Waals surface area contributed by atoms with Gasteiger partial charge in [-0.05, 0) is 55.0 Å². The number of halogens is 8. The van der Waals surface area contributed by atoms with E-state index in [2.05, 4.69) is 4.98 Å². The van der Waals surface area contributed by atoms with Crippen LogP contribution >= 0.6 is 23.8 Å². The molecule has 0 atom stereocenters. The van der Waals surface area contributed by atoms with Gasteiger partial charge in [0.15, 0.2) is 4.77 Å². The fourth-order valence-electron chi connectivity index (χ4n) is 3.44. The van der Waals surface area contributed by atoms with Gasteiger partial charge in [-0.3, -0.25) is 9.36 Å². The second kappa shape index (κ2) is 9.41. The number of alkyl halides is 6. The lowest BCUT2D eigenvalue weighted by molar-refractivity contribution is -0.143. The molecule has 0 unspecified atom stereocenters. The summed E-state index contributed by atoms with van der Waals surface area (Å²) < 4.78 is 96.4. The van der Waals surface area contributed by atoms with Crippen LogP contribution in [0, 0.1) is 10.6 Å². The molecule has 0 saturated carbocycles. The number of amides is 1. The molecule has 0 saturated heterocycles. The van der Waals surface area contributed by atoms with E-state index in [0.717, 1.165) is 27.8 Å². The van der Waals surface area contributed by atoms with Crippen LogP contribution in [-0.4, -0.2) is 22.0 Å². The molecule has 3 aromatic rings. The Morgan fingerprint density at radius 1 is 1.09 bits per heavy atom. The topological polar surface area (TPSA) is 41.0 Å². The molecule has 1 aromatic heterocycles. The van der Waals surface area contributed by atoms with E-state index in [4.69, 9.17) is 23.8 Å². The standard InChI is InChI=1S/C21H15ClF7N3OS/c1-2-31(12-5-3-11(23)4-6-12)16(33)9-13-14(20(24,25)26)10-15(21(27,28)29)17(22)18(13)32-8-7-30-19(32)34/h3-8,10H,2,9H2,1H3,(H,30,34). The molecule has 1 N–H and O–H groups in total. The number of anilines is 1. The second-order valence-corrected chi connectivity index (χ2v) is 7.80. The van der Waals surface area contributed by atoms with Crippen molar-refractivity contribution in [3.63, 3.8) is 0 Å². The van der Waals surface area contributed by atoms with Crippen LogP contribution in [-0.2, 0) is 23.6 Å². The number of aromatic amines is 1. The Morgan fingerprint density at radius 3 is 2.15 bits per heavy atom. The highest BCUT2D eigenvalue weighted by atomic mass is 35.5. The first-order chi connectivity index (χ1) is 15.8. The predicted octanol–water partition coefficient (Wildman–Crippen LogP) is 6.96. The van der Waals surface area contributed by atoms with Crippen LogP contribution in [0.3, 0.4) is 0 Å². The van der Waals surface area contributed by atoms with E-state index in [0.29, 0.717) is 0 Å². The fraction of sp³-hybridized carbons (Fsp3) is 0.238. The van der Waals surface area contributed by atoms with Crippen molar-refractivity contribution in [3.8, 4) is 5.69 Å². The van der Waals surface area contributed by atoms with Crippen LogP contribution in [0.5, 0.6) is 0 Å². The zero-order valence-corrected chi connectivity index (χ0v) is 18.8. The summed E-state index contributed by atoms with van der Waals surface area (Å²) in [6, 6.07) is 4.52. The molecule has 0 spiro atoms. The minimum atomic E-state index is -5.25. The van der Waals surface area contributed by atoms with Gasteiger partial charge in [-0.25, -0.2) is 4.39 Å². The lowest BCUT2D eigenvalue weighted by Crippen LogP contribution is -2.33. The minimum absolute atomic E-state index is 0.000891. The predicted molar refractivity (Wildman–Crippen MR) is 114 cm³/mol. The van der Waals surface area contributed by atoms with Gasteiger partial charge < -0.3 is 9.88 Å². The van der Waals surface area contributed by atoms with Crippen LogP contribution < -0.4 is 4.90 Å². The lowest BCUT2D eigenvalue weighted by atomic mass is 9.96. The van der Waals surface area contributed by atoms with Crippen LogP contribution in [0.15, 0.2) is 42.7 Å². The van der Waals surface area contributed by atoms with Crippen molar-refractivity contribution < 1.29 is 35.5 Å². The van der Waals surface area contributed by atoms with E-state index < -0.39 is 57.9 Å². The Kier molecular flexibility index (Phi) is 7.13. The first kappa shape index (κ1) is 25.8. The summed E-state index contributed by atoms with van der Waals surface area (Å²) in [5.41, 5.74) is -4.70. The molecule has 0 aliphatic rings. The van der Waals surface area contributed by atoms with E-state index in [-0.39, 0.29) is 23.1 Å². The van der Waals surface area contributed by atoms with E-state index >= 15 is 0 Å². The van der Waals surface area contributed by atoms with Gasteiger partial charge in [0, 0.05) is 24.6 Å². The van der Waals surface area contributed by atoms with E-state index in [1.807, 2.05) is 0 Å². The van der Waals surface area contributed by atoms with Crippen molar-refractivity contribution in [2.24, 2.45) is 0 Å². The highest BCUT2D eigenvalue weighted by molar-refractivity contribution is 7.71. The summed E-state index contributed by atoms with van der Waals surface area (Å²) in [5.74, 6) is -1.47. The van der Waals surface area contributed by atoms with Gasteiger partial charge in [0.1, 0.15) is 5.82 Å². The summed E-state index contributed by atoms with van der Waals surface area (Å²) in [4.78, 5) is 16.6. The molecular formula is C21H15ClF7N3OS. The smallest absolute Gasteiger partial charge is 0.337 e. The van der Waals surface area contributed by atoms with Gasteiger partial charge in [-0.2, -0.15) is 26.3 Å². The molecular weight excluding hydrogens is 511 g/mol. The van der Waals surface area contributed by atoms with Gasteiger partial charge in [-0.1, -0.05) is 11.6 Å². The average molecular weight is 526 g/mol. The number of carbonyl (C=O) groups is 1. The molecule has 0 bridgehead atoms. The molecule has 3 rings (SSSR count). The summed E-state index contributed by atoms with van der Waals surface area (Å²) in [7, 11) is 0. The number of nitrogens with zero attached hydrogens (tertiary/aromatic N) is 2. The van der Waals surface area contributed by atoms with Crippen molar-refractivity contribution >= 4 is 35.4 Å². The van der Waals surface area contributed by atoms with Gasteiger partial charge in [-0.15, -0.1) is 0 Å². The highest BCUT2D eigenvalue weighted by Gasteiger charge is 2.43. The van der Waals surface area contributed by atoms with Crippen LogP contribution in [0.1, 0.15) is 23.6 Å². The van der Waals surface area contributed by atoms with Crippen molar-refractivity contribution in [2.45, 2.75) is 25.7 Å². The number of aromatic nitrogens is 2. The number of H-pyrrole nitrogens is 1. The SMILES string of the molecule is CCN(C(=O)Cc1c(C(F)(F)F)cc(C(F)(F)F)c(Cl)c1-n1cc[nH]c1=S)c1ccc(F)cc1. The molecule has 0 aliphatic heterocycles. The Morgan fingerprint density at radius 2 is 1.68 bits per heavy atom. The molecule has 182 valence electrons. The summed E-state index contributed by atoms with van der Waals surface area (Å²) in [6.07, 6.45) is -9.11. The monoisotopic (exact) mass is 525 g/mol. The molecule has 2 aromatic carbocycles. The van der Waals surface area contributed by atoms with Gasteiger partial charge >= 0.3 is 12.4 Å². The van der Waals surface area contributed by atoms with Crippen molar-refractivity contribution in [3.05, 3.63) is 75.0 Å². The molecule has 0 fully saturated rings. The zero-order chi connectivity index (χ0) is 25.4. The van der Waals surface area contributed by atoms with Gasteiger partial charge in [0.25, 0.3) is 0 Å². The van der Waals surface area contributed by atoms with E-state index in [1.165, 1.54) is 25.3 Å². The summed E-state index contributed by atoms with van der Waals surface area (Å²) >= 11 is 11.0. The number of imidazole rings is 1. The first-order valence-corrected chi connectivity index (χ1v) is 10.4. The number of hydrogen-bond donors (Lipinski definition) is 1. The molecule has 34 heavy (non-hydrogen) atoms. The number of likely N-dealkylation sites (N-methyl/N-ethyl adjacent to an activating group) is 1. The summed E-state index contributed by atoms with van der Waals surface area (Å²) in [6.45, 7) is 1.54. The van der Waals surface area contributed by atoms with Crippen molar-refractivity contribution in [2.75, 3.05) is 11.4 Å². The van der Waals surface area contributed by atoms with Crippen LogP contribution in [0.25, 0.3) is 5.69 Å². The molecule has 13 heteroatoms. The number of nitrogens with one attached hydrogen (secondary N) is 1. The molecule has 4 nitrogen and oxygen atoms in total. The van der Waals surface area contributed by atoms with Gasteiger partial charge in [0.2, 0.25) is 5.91 Å². The number of benzene rings is 2. The third-order valence-corrected chi connectivity index (χ3v) is 5.63. The molecule has 0 aliphatic carbocycles. The molecule has 1 amide bonds. The lowest BCUT2D eigenvalue weighted by Gasteiger charge is -2.25. The van der Waals surface area contributed by atoms with Crippen LogP contribution in [0.2, 0.25) is 5.02 Å². The Balaban J connectivity index is 2.27. The third-order valence-electron chi connectivity index (χ3n) is 4.93. The Hall–Kier alpha value is -2.86. The average Bonchev–Trinajstić information content (AvgIpc) is 3.13. The highest BCUT2D eigenvalue weighted by Crippen LogP contribution is 2.45. The van der Waals surface area contributed by atoms with E-state index in [9.17, 15) is 35.5 Å². The fourth-order valence-corrected chi connectivity index (χ4v) is 4.03. The van der Waals surface area contributed by atoms with Crippen molar-refractivity contribution in [1.29, 1.82) is 0 Å². The number of rotatable bonds is 5. The van der Waals surface area contributed by atoms with Crippen LogP contribution in [0.4, 0.5) is 36.4 Å². The zero-order valence-electron chi connectivity index (χ0n) is 17.2. The van der Waals surface area contributed by atoms with Gasteiger partial charge in [0.05, 0.1) is 28.3 Å². The normalized spacial score (nSPS) is 12.1. The number of hydrogen-bond acceptors (Lipinski definition) is 2. The molecule has 0 radical (unpaired) electrons. The Labute approximate surface area is 198 Å². The van der Waals surface area contributed by atoms with E-state index in [1.54, 1.807) is 0 Å². The summed E-state index contributed by atoms with van der Waals surface area (Å²) in [5, 5.41) is -1.04. The first-order valence-electron chi connectivity index (χ1n) is 9.57. The third kappa shape index (κ3) is 5.12. The maximum atomic E-state index is 14.0. The Bertz CT molecular complexity index is 1260. The largest absolute Gasteiger partial charge is 0.417 e. The molecule has 1 heterocycles. The number of carbonyl (C=O) groups excluding carboxylic acids is 1. The maximum Gasteiger partial charge on any atom is 0.417 e. The van der Waals surface area contributed by atoms with Crippen molar-refractivity contribution in [1.82, 2.24) is 9.55 Å². The quantitative estimate of drug-likeness (QED) is 0.289. The minimum Gasteiger partial charge on any atom is -0.337 e. The maximum absolute atomic E-state index is 14.0.